The van der Waals surface area contributed by atoms with Crippen LogP contribution in [0.25, 0.3) is 10.9 Å². The van der Waals surface area contributed by atoms with Crippen LogP contribution in [0.15, 0.2) is 18.2 Å². The number of aromatic nitrogens is 2. The minimum Gasteiger partial charge on any atom is -0.508 e. The van der Waals surface area contributed by atoms with E-state index >= 15 is 0 Å². The Morgan fingerprint density at radius 1 is 1.54 bits per heavy atom. The van der Waals surface area contributed by atoms with Crippen LogP contribution in [-0.4, -0.2) is 15.3 Å². The lowest BCUT2D eigenvalue weighted by Gasteiger charge is -1.97. The van der Waals surface area contributed by atoms with Crippen LogP contribution in [0.4, 0.5) is 4.39 Å². The standard InChI is InChI=1S/C9H9FN2O/c1-5(10)9-7-3-2-6(13)4-8(7)11-12-9/h2-5,13H,1H3,(H,11,12). The molecule has 2 N–H and O–H groups in total. The van der Waals surface area contributed by atoms with Crippen molar-refractivity contribution in [3.63, 3.8) is 0 Å². The highest BCUT2D eigenvalue weighted by Crippen LogP contribution is 2.26. The average Bonchev–Trinajstić information content (AvgIpc) is 2.46. The molecule has 0 saturated heterocycles. The Morgan fingerprint density at radius 2 is 2.31 bits per heavy atom. The largest absolute Gasteiger partial charge is 0.508 e. The smallest absolute Gasteiger partial charge is 0.139 e. The Balaban J connectivity index is 2.69. The summed E-state index contributed by atoms with van der Waals surface area (Å²) in [5.41, 5.74) is 1.04. The van der Waals surface area contributed by atoms with Crippen molar-refractivity contribution in [2.45, 2.75) is 13.1 Å². The third kappa shape index (κ3) is 1.24. The summed E-state index contributed by atoms with van der Waals surface area (Å²) >= 11 is 0. The van der Waals surface area contributed by atoms with Crippen LogP contribution in [0.2, 0.25) is 0 Å². The summed E-state index contributed by atoms with van der Waals surface area (Å²) in [5.74, 6) is 0.136. The lowest BCUT2D eigenvalue weighted by molar-refractivity contribution is 0.367. The van der Waals surface area contributed by atoms with Gasteiger partial charge in [-0.15, -0.1) is 0 Å². The molecular formula is C9H9FN2O. The molecule has 0 aliphatic heterocycles. The number of rotatable bonds is 1. The highest BCUT2D eigenvalue weighted by atomic mass is 19.1. The first-order valence-corrected chi connectivity index (χ1v) is 3.99. The summed E-state index contributed by atoms with van der Waals surface area (Å²) in [6.45, 7) is 1.44. The highest BCUT2D eigenvalue weighted by molar-refractivity contribution is 5.82. The number of nitrogens with zero attached hydrogens (tertiary/aromatic N) is 1. The molecule has 0 aliphatic rings. The second kappa shape index (κ2) is 2.73. The lowest BCUT2D eigenvalue weighted by atomic mass is 10.1. The molecule has 2 rings (SSSR count). The zero-order valence-corrected chi connectivity index (χ0v) is 7.08. The van der Waals surface area contributed by atoms with Gasteiger partial charge in [-0.3, -0.25) is 5.10 Å². The van der Waals surface area contributed by atoms with E-state index in [2.05, 4.69) is 10.2 Å². The summed E-state index contributed by atoms with van der Waals surface area (Å²) in [6.07, 6.45) is -1.07. The molecule has 1 aromatic heterocycles. The maximum absolute atomic E-state index is 13.0. The minimum absolute atomic E-state index is 0.136. The third-order valence-electron chi connectivity index (χ3n) is 1.97. The molecule has 4 heteroatoms. The van der Waals surface area contributed by atoms with Crippen LogP contribution >= 0.6 is 0 Å². The first kappa shape index (κ1) is 8.04. The number of H-pyrrole nitrogens is 1. The van der Waals surface area contributed by atoms with Gasteiger partial charge in [0.05, 0.1) is 11.2 Å². The van der Waals surface area contributed by atoms with Gasteiger partial charge in [0.15, 0.2) is 0 Å². The number of halogens is 1. The van der Waals surface area contributed by atoms with Crippen molar-refractivity contribution < 1.29 is 9.50 Å². The summed E-state index contributed by atoms with van der Waals surface area (Å²) in [6, 6.07) is 4.67. The topological polar surface area (TPSA) is 48.9 Å². The quantitative estimate of drug-likeness (QED) is 0.707. The molecule has 0 saturated carbocycles. The number of fused-ring (bicyclic) bond motifs is 1. The molecule has 0 bridgehead atoms. The molecule has 1 aromatic carbocycles. The van der Waals surface area contributed by atoms with Crippen molar-refractivity contribution in [1.82, 2.24) is 10.2 Å². The van der Waals surface area contributed by atoms with Crippen LogP contribution < -0.4 is 0 Å². The average molecular weight is 180 g/mol. The van der Waals surface area contributed by atoms with Crippen LogP contribution in [0, 0.1) is 0 Å². The number of hydrogen-bond donors (Lipinski definition) is 2. The van der Waals surface area contributed by atoms with Crippen LogP contribution in [-0.2, 0) is 0 Å². The molecule has 13 heavy (non-hydrogen) atoms. The summed E-state index contributed by atoms with van der Waals surface area (Å²) in [7, 11) is 0. The molecule has 0 amide bonds. The number of hydrogen-bond acceptors (Lipinski definition) is 2. The van der Waals surface area contributed by atoms with Crippen molar-refractivity contribution in [3.05, 3.63) is 23.9 Å². The van der Waals surface area contributed by atoms with Gasteiger partial charge >= 0.3 is 0 Å². The van der Waals surface area contributed by atoms with Gasteiger partial charge in [-0.05, 0) is 19.1 Å². The summed E-state index contributed by atoms with van der Waals surface area (Å²) in [5, 5.41) is 16.3. The number of aromatic amines is 1. The fourth-order valence-electron chi connectivity index (χ4n) is 1.32. The monoisotopic (exact) mass is 180 g/mol. The Labute approximate surface area is 74.2 Å². The summed E-state index contributed by atoms with van der Waals surface area (Å²) < 4.78 is 13.0. The molecule has 0 radical (unpaired) electrons. The predicted octanol–water partition coefficient (Wildman–Crippen LogP) is 2.30. The van der Waals surface area contributed by atoms with Gasteiger partial charge < -0.3 is 5.11 Å². The van der Waals surface area contributed by atoms with E-state index in [1.165, 1.54) is 19.1 Å². The minimum atomic E-state index is -1.07. The van der Waals surface area contributed by atoms with E-state index in [0.717, 1.165) is 0 Å². The maximum Gasteiger partial charge on any atom is 0.139 e. The molecular weight excluding hydrogens is 171 g/mol. The van der Waals surface area contributed by atoms with Gasteiger partial charge in [-0.2, -0.15) is 5.10 Å². The number of phenolic OH excluding ortho intramolecular Hbond substituents is 1. The predicted molar refractivity (Wildman–Crippen MR) is 47.3 cm³/mol. The van der Waals surface area contributed by atoms with E-state index in [1.54, 1.807) is 6.07 Å². The van der Waals surface area contributed by atoms with E-state index < -0.39 is 6.17 Å². The molecule has 2 aromatic rings. The number of phenols is 1. The van der Waals surface area contributed by atoms with Crippen molar-refractivity contribution in [2.75, 3.05) is 0 Å². The van der Waals surface area contributed by atoms with E-state index in [0.29, 0.717) is 16.6 Å². The number of nitrogens with one attached hydrogen (secondary N) is 1. The zero-order chi connectivity index (χ0) is 9.42. The van der Waals surface area contributed by atoms with Gasteiger partial charge in [0.2, 0.25) is 0 Å². The van der Waals surface area contributed by atoms with E-state index in [1.807, 2.05) is 0 Å². The SMILES string of the molecule is CC(F)c1[nH]nc2cc(O)ccc12. The van der Waals surface area contributed by atoms with Crippen molar-refractivity contribution in [1.29, 1.82) is 0 Å². The van der Waals surface area contributed by atoms with Gasteiger partial charge in [-0.1, -0.05) is 0 Å². The van der Waals surface area contributed by atoms with Gasteiger partial charge in [-0.25, -0.2) is 4.39 Å². The van der Waals surface area contributed by atoms with Crippen molar-refractivity contribution in [3.8, 4) is 5.75 Å². The second-order valence-electron chi connectivity index (χ2n) is 2.95. The maximum atomic E-state index is 13.0. The molecule has 1 heterocycles. The first-order valence-electron chi connectivity index (χ1n) is 3.99. The Hall–Kier alpha value is -1.58. The van der Waals surface area contributed by atoms with E-state index in [9.17, 15) is 4.39 Å². The fourth-order valence-corrected chi connectivity index (χ4v) is 1.32. The molecule has 1 unspecified atom stereocenters. The molecule has 3 nitrogen and oxygen atoms in total. The fraction of sp³-hybridized carbons (Fsp3) is 0.222. The van der Waals surface area contributed by atoms with Crippen LogP contribution in [0.1, 0.15) is 18.8 Å². The van der Waals surface area contributed by atoms with Crippen molar-refractivity contribution >= 4 is 10.9 Å². The molecule has 0 spiro atoms. The Bertz CT molecular complexity index is 436. The van der Waals surface area contributed by atoms with Gasteiger partial charge in [0, 0.05) is 11.5 Å². The third-order valence-corrected chi connectivity index (χ3v) is 1.97. The van der Waals surface area contributed by atoms with Crippen LogP contribution in [0.5, 0.6) is 5.75 Å². The lowest BCUT2D eigenvalue weighted by Crippen LogP contribution is -1.85. The molecule has 1 atom stereocenters. The van der Waals surface area contributed by atoms with E-state index in [-0.39, 0.29) is 5.75 Å². The molecule has 0 fully saturated rings. The Morgan fingerprint density at radius 3 is 3.00 bits per heavy atom. The van der Waals surface area contributed by atoms with Gasteiger partial charge in [0.25, 0.3) is 0 Å². The van der Waals surface area contributed by atoms with E-state index in [4.69, 9.17) is 5.11 Å². The number of alkyl halides is 1. The number of benzene rings is 1. The summed E-state index contributed by atoms with van der Waals surface area (Å²) in [4.78, 5) is 0. The van der Waals surface area contributed by atoms with Crippen LogP contribution in [0.3, 0.4) is 0 Å². The number of aromatic hydroxyl groups is 1. The molecule has 68 valence electrons. The van der Waals surface area contributed by atoms with Gasteiger partial charge in [0.1, 0.15) is 11.9 Å². The Kier molecular flexibility index (Phi) is 1.69. The zero-order valence-electron chi connectivity index (χ0n) is 7.08. The van der Waals surface area contributed by atoms with Crippen molar-refractivity contribution in [2.24, 2.45) is 0 Å². The normalized spacial score (nSPS) is 13.4. The highest BCUT2D eigenvalue weighted by Gasteiger charge is 2.10. The second-order valence-corrected chi connectivity index (χ2v) is 2.95. The first-order chi connectivity index (χ1) is 6.18. The molecule has 0 aliphatic carbocycles.